The fraction of sp³-hybridized carbons (Fsp3) is 0.333. The Kier molecular flexibility index (Phi) is 4.90. The van der Waals surface area contributed by atoms with Crippen molar-refractivity contribution in [2.45, 2.75) is 26.4 Å². The predicted octanol–water partition coefficient (Wildman–Crippen LogP) is 2.78. The molecule has 0 unspecified atom stereocenters. The zero-order chi connectivity index (χ0) is 14.4. The fourth-order valence-electron chi connectivity index (χ4n) is 1.58. The Labute approximate surface area is 119 Å². The highest BCUT2D eigenvalue weighted by atomic mass is 16.5. The molecular weight excluding hydrogens is 254 g/mol. The van der Waals surface area contributed by atoms with Gasteiger partial charge in [-0.25, -0.2) is 9.97 Å². The van der Waals surface area contributed by atoms with Gasteiger partial charge < -0.3 is 14.8 Å². The Morgan fingerprint density at radius 1 is 1.15 bits per heavy atom. The molecule has 0 saturated heterocycles. The van der Waals surface area contributed by atoms with Crippen LogP contribution in [-0.4, -0.2) is 23.1 Å². The maximum absolute atomic E-state index is 5.58. The summed E-state index contributed by atoms with van der Waals surface area (Å²) in [5.74, 6) is 1.39. The molecule has 2 rings (SSSR count). The molecule has 2 aromatic rings. The van der Waals surface area contributed by atoms with Gasteiger partial charge >= 0.3 is 6.01 Å². The van der Waals surface area contributed by atoms with Gasteiger partial charge in [0.15, 0.2) is 0 Å². The standard InChI is InChI=1S/C15H19N3O2/c1-11(2)16-8-12-9-17-15(18-10-12)20-14-6-4-5-13(7-14)19-3/h4-7,9-11,16H,8H2,1-3H3. The number of benzene rings is 1. The third kappa shape index (κ3) is 4.20. The van der Waals surface area contributed by atoms with Gasteiger partial charge in [0.2, 0.25) is 0 Å². The molecule has 0 atom stereocenters. The van der Waals surface area contributed by atoms with Crippen molar-refractivity contribution < 1.29 is 9.47 Å². The van der Waals surface area contributed by atoms with Crippen molar-refractivity contribution in [1.82, 2.24) is 15.3 Å². The molecule has 5 nitrogen and oxygen atoms in total. The first-order chi connectivity index (χ1) is 9.67. The summed E-state index contributed by atoms with van der Waals surface area (Å²) in [5, 5.41) is 3.31. The summed E-state index contributed by atoms with van der Waals surface area (Å²) in [7, 11) is 1.62. The van der Waals surface area contributed by atoms with Crippen molar-refractivity contribution >= 4 is 0 Å². The van der Waals surface area contributed by atoms with Crippen LogP contribution in [-0.2, 0) is 6.54 Å². The van der Waals surface area contributed by atoms with E-state index >= 15 is 0 Å². The van der Waals surface area contributed by atoms with Crippen molar-refractivity contribution in [3.8, 4) is 17.5 Å². The Morgan fingerprint density at radius 3 is 2.50 bits per heavy atom. The first-order valence-electron chi connectivity index (χ1n) is 6.53. The summed E-state index contributed by atoms with van der Waals surface area (Å²) in [4.78, 5) is 8.39. The molecule has 1 aromatic heterocycles. The molecule has 0 aliphatic carbocycles. The van der Waals surface area contributed by atoms with E-state index in [2.05, 4.69) is 29.1 Å². The van der Waals surface area contributed by atoms with Crippen LogP contribution in [0.1, 0.15) is 19.4 Å². The minimum absolute atomic E-state index is 0.326. The molecule has 0 amide bonds. The van der Waals surface area contributed by atoms with Gasteiger partial charge in [0.25, 0.3) is 0 Å². The fourth-order valence-corrected chi connectivity index (χ4v) is 1.58. The largest absolute Gasteiger partial charge is 0.497 e. The van der Waals surface area contributed by atoms with Crippen LogP contribution in [0.15, 0.2) is 36.7 Å². The summed E-state index contributed by atoms with van der Waals surface area (Å²) in [6.07, 6.45) is 3.52. The number of nitrogens with one attached hydrogen (secondary N) is 1. The van der Waals surface area contributed by atoms with Crippen molar-refractivity contribution in [3.63, 3.8) is 0 Å². The molecule has 0 fully saturated rings. The van der Waals surface area contributed by atoms with Gasteiger partial charge in [-0.3, -0.25) is 0 Å². The first-order valence-corrected chi connectivity index (χ1v) is 6.53. The molecular formula is C15H19N3O2. The lowest BCUT2D eigenvalue weighted by Crippen LogP contribution is -2.21. The average molecular weight is 273 g/mol. The Hall–Kier alpha value is -2.14. The second-order valence-electron chi connectivity index (χ2n) is 4.69. The Balaban J connectivity index is 1.99. The Morgan fingerprint density at radius 2 is 1.85 bits per heavy atom. The number of aromatic nitrogens is 2. The molecule has 0 saturated carbocycles. The van der Waals surface area contributed by atoms with Crippen molar-refractivity contribution in [2.24, 2.45) is 0 Å². The van der Waals surface area contributed by atoms with Crippen LogP contribution in [0.3, 0.4) is 0 Å². The SMILES string of the molecule is COc1cccc(Oc2ncc(CNC(C)C)cn2)c1. The van der Waals surface area contributed by atoms with Crippen LogP contribution in [0.4, 0.5) is 0 Å². The van der Waals surface area contributed by atoms with E-state index in [4.69, 9.17) is 9.47 Å². The van der Waals surface area contributed by atoms with Crippen LogP contribution >= 0.6 is 0 Å². The minimum atomic E-state index is 0.326. The number of nitrogens with zero attached hydrogens (tertiary/aromatic N) is 2. The van der Waals surface area contributed by atoms with Gasteiger partial charge in [-0.15, -0.1) is 0 Å². The molecule has 1 N–H and O–H groups in total. The van der Waals surface area contributed by atoms with Crippen LogP contribution in [0.2, 0.25) is 0 Å². The van der Waals surface area contributed by atoms with E-state index in [1.54, 1.807) is 25.6 Å². The summed E-state index contributed by atoms with van der Waals surface area (Å²) in [6, 6.07) is 8.09. The maximum atomic E-state index is 5.58. The van der Waals surface area contributed by atoms with Crippen molar-refractivity contribution in [1.29, 1.82) is 0 Å². The highest BCUT2D eigenvalue weighted by Gasteiger charge is 2.03. The summed E-state index contributed by atoms with van der Waals surface area (Å²) >= 11 is 0. The Bertz CT molecular complexity index is 541. The molecule has 106 valence electrons. The predicted molar refractivity (Wildman–Crippen MR) is 77.1 cm³/mol. The summed E-state index contributed by atoms with van der Waals surface area (Å²) in [6.45, 7) is 4.94. The molecule has 0 spiro atoms. The van der Waals surface area contributed by atoms with E-state index in [9.17, 15) is 0 Å². The first kappa shape index (κ1) is 14.3. The number of hydrogen-bond donors (Lipinski definition) is 1. The zero-order valence-corrected chi connectivity index (χ0v) is 12.0. The molecule has 0 bridgehead atoms. The molecule has 0 aliphatic heterocycles. The van der Waals surface area contributed by atoms with E-state index in [-0.39, 0.29) is 0 Å². The molecule has 1 heterocycles. The van der Waals surface area contributed by atoms with Gasteiger partial charge in [0.1, 0.15) is 11.5 Å². The number of methoxy groups -OCH3 is 1. The summed E-state index contributed by atoms with van der Waals surface area (Å²) in [5.41, 5.74) is 1.02. The molecule has 0 radical (unpaired) electrons. The normalized spacial score (nSPS) is 10.6. The average Bonchev–Trinajstić information content (AvgIpc) is 2.47. The van der Waals surface area contributed by atoms with Gasteiger partial charge in [-0.2, -0.15) is 0 Å². The topological polar surface area (TPSA) is 56.3 Å². The van der Waals surface area contributed by atoms with Crippen LogP contribution in [0, 0.1) is 0 Å². The zero-order valence-electron chi connectivity index (χ0n) is 12.0. The minimum Gasteiger partial charge on any atom is -0.497 e. The quantitative estimate of drug-likeness (QED) is 0.877. The number of rotatable bonds is 6. The van der Waals surface area contributed by atoms with Crippen molar-refractivity contribution in [3.05, 3.63) is 42.2 Å². The molecule has 5 heteroatoms. The number of hydrogen-bond acceptors (Lipinski definition) is 5. The van der Waals surface area contributed by atoms with Crippen LogP contribution in [0.25, 0.3) is 0 Å². The molecule has 20 heavy (non-hydrogen) atoms. The van der Waals surface area contributed by atoms with Gasteiger partial charge in [-0.05, 0) is 12.1 Å². The second kappa shape index (κ2) is 6.86. The van der Waals surface area contributed by atoms with E-state index in [0.29, 0.717) is 17.8 Å². The second-order valence-corrected chi connectivity index (χ2v) is 4.69. The third-order valence-corrected chi connectivity index (χ3v) is 2.65. The van der Waals surface area contributed by atoms with E-state index in [1.165, 1.54) is 0 Å². The van der Waals surface area contributed by atoms with Gasteiger partial charge in [0, 0.05) is 36.6 Å². The van der Waals surface area contributed by atoms with E-state index in [0.717, 1.165) is 17.9 Å². The molecule has 1 aromatic carbocycles. The monoisotopic (exact) mass is 273 g/mol. The summed E-state index contributed by atoms with van der Waals surface area (Å²) < 4.78 is 10.7. The van der Waals surface area contributed by atoms with E-state index in [1.807, 2.05) is 18.2 Å². The van der Waals surface area contributed by atoms with Crippen molar-refractivity contribution in [2.75, 3.05) is 7.11 Å². The molecule has 0 aliphatic rings. The van der Waals surface area contributed by atoms with Gasteiger partial charge in [0.05, 0.1) is 7.11 Å². The third-order valence-electron chi connectivity index (χ3n) is 2.65. The lowest BCUT2D eigenvalue weighted by Gasteiger charge is -2.08. The lowest BCUT2D eigenvalue weighted by atomic mass is 10.3. The van der Waals surface area contributed by atoms with Crippen LogP contribution in [0.5, 0.6) is 17.5 Å². The highest BCUT2D eigenvalue weighted by Crippen LogP contribution is 2.22. The smallest absolute Gasteiger partial charge is 0.321 e. The van der Waals surface area contributed by atoms with Crippen LogP contribution < -0.4 is 14.8 Å². The highest BCUT2D eigenvalue weighted by molar-refractivity contribution is 5.34. The van der Waals surface area contributed by atoms with Gasteiger partial charge in [-0.1, -0.05) is 19.9 Å². The lowest BCUT2D eigenvalue weighted by molar-refractivity contribution is 0.404. The number of ether oxygens (including phenoxy) is 2. The maximum Gasteiger partial charge on any atom is 0.321 e. The van der Waals surface area contributed by atoms with E-state index < -0.39 is 0 Å².